The second-order valence-corrected chi connectivity index (χ2v) is 4.93. The van der Waals surface area contributed by atoms with Crippen LogP contribution >= 0.6 is 0 Å². The number of nitrogens with zero attached hydrogens (tertiary/aromatic N) is 2. The van der Waals surface area contributed by atoms with Gasteiger partial charge in [0.2, 0.25) is 5.89 Å². The van der Waals surface area contributed by atoms with Crippen molar-refractivity contribution >= 4 is 5.96 Å². The summed E-state index contributed by atoms with van der Waals surface area (Å²) in [5, 5.41) is 6.34. The Labute approximate surface area is 131 Å². The number of benzene rings is 1. The summed E-state index contributed by atoms with van der Waals surface area (Å²) in [7, 11) is 1.74. The minimum absolute atomic E-state index is 0.657. The molecular weight excluding hydrogens is 276 g/mol. The van der Waals surface area contributed by atoms with E-state index in [0.29, 0.717) is 12.4 Å². The third-order valence-corrected chi connectivity index (χ3v) is 3.16. The van der Waals surface area contributed by atoms with Gasteiger partial charge in [0, 0.05) is 32.1 Å². The van der Waals surface area contributed by atoms with Crippen molar-refractivity contribution in [3.63, 3.8) is 0 Å². The largest absolute Gasteiger partial charge is 0.444 e. The van der Waals surface area contributed by atoms with Crippen LogP contribution in [-0.2, 0) is 6.42 Å². The molecule has 0 aliphatic rings. The van der Waals surface area contributed by atoms with E-state index in [-0.39, 0.29) is 0 Å². The highest BCUT2D eigenvalue weighted by atomic mass is 16.3. The lowest BCUT2D eigenvalue weighted by Crippen LogP contribution is -2.38. The molecule has 5 heteroatoms. The summed E-state index contributed by atoms with van der Waals surface area (Å²) in [5.74, 6) is 1.41. The fraction of sp³-hybridized carbons (Fsp3) is 0.294. The first-order valence-electron chi connectivity index (χ1n) is 7.30. The molecule has 116 valence electrons. The molecule has 22 heavy (non-hydrogen) atoms. The molecule has 2 aromatic rings. The monoisotopic (exact) mass is 298 g/mol. The van der Waals surface area contributed by atoms with Crippen LogP contribution in [0.15, 0.2) is 52.6 Å². The summed E-state index contributed by atoms with van der Waals surface area (Å²) in [4.78, 5) is 8.63. The molecule has 5 nitrogen and oxygen atoms in total. The minimum atomic E-state index is 0.657. The number of rotatable bonds is 6. The van der Waals surface area contributed by atoms with Crippen LogP contribution in [0.5, 0.6) is 0 Å². The normalized spacial score (nSPS) is 11.3. The highest BCUT2D eigenvalue weighted by molar-refractivity contribution is 5.79. The van der Waals surface area contributed by atoms with Crippen molar-refractivity contribution in [1.82, 2.24) is 15.6 Å². The molecule has 2 rings (SSSR count). The average Bonchev–Trinajstić information content (AvgIpc) is 3.00. The van der Waals surface area contributed by atoms with Crippen molar-refractivity contribution in [2.45, 2.75) is 13.3 Å². The highest BCUT2D eigenvalue weighted by Crippen LogP contribution is 2.19. The molecule has 0 atom stereocenters. The molecular formula is C17H22N4O. The molecule has 0 aliphatic heterocycles. The standard InChI is InChI=1S/C17H22N4O/c1-4-10-19-17(18-3)20-11-9-15-12-22-16(21-15)14-7-5-13(2)6-8-14/h4-8,12H,1,9-11H2,2-3H3,(H2,18,19,20). The number of guanidine groups is 1. The average molecular weight is 298 g/mol. The predicted molar refractivity (Wildman–Crippen MR) is 89.9 cm³/mol. The van der Waals surface area contributed by atoms with E-state index in [4.69, 9.17) is 4.42 Å². The van der Waals surface area contributed by atoms with Gasteiger partial charge in [-0.25, -0.2) is 4.98 Å². The van der Waals surface area contributed by atoms with Crippen molar-refractivity contribution in [3.8, 4) is 11.5 Å². The summed E-state index contributed by atoms with van der Waals surface area (Å²) in [5.41, 5.74) is 3.13. The van der Waals surface area contributed by atoms with Crippen LogP contribution in [0.1, 0.15) is 11.3 Å². The van der Waals surface area contributed by atoms with Gasteiger partial charge in [-0.3, -0.25) is 4.99 Å². The number of aryl methyl sites for hydroxylation is 1. The number of aromatic nitrogens is 1. The van der Waals surface area contributed by atoms with E-state index in [1.165, 1.54) is 5.56 Å². The Bertz CT molecular complexity index is 628. The molecule has 2 N–H and O–H groups in total. The van der Waals surface area contributed by atoms with E-state index in [9.17, 15) is 0 Å². The van der Waals surface area contributed by atoms with Crippen LogP contribution in [0, 0.1) is 6.92 Å². The van der Waals surface area contributed by atoms with Crippen molar-refractivity contribution in [3.05, 3.63) is 54.4 Å². The van der Waals surface area contributed by atoms with Crippen molar-refractivity contribution in [2.24, 2.45) is 4.99 Å². The van der Waals surface area contributed by atoms with Crippen LogP contribution in [0.3, 0.4) is 0 Å². The molecule has 0 spiro atoms. The van der Waals surface area contributed by atoms with Gasteiger partial charge in [0.1, 0.15) is 6.26 Å². The van der Waals surface area contributed by atoms with Gasteiger partial charge in [0.15, 0.2) is 5.96 Å². The molecule has 1 aromatic heterocycles. The molecule has 0 unspecified atom stereocenters. The van der Waals surface area contributed by atoms with Gasteiger partial charge >= 0.3 is 0 Å². The number of hydrogen-bond donors (Lipinski definition) is 2. The van der Waals surface area contributed by atoms with Gasteiger partial charge in [-0.05, 0) is 19.1 Å². The van der Waals surface area contributed by atoms with Gasteiger partial charge in [-0.2, -0.15) is 0 Å². The molecule has 0 amide bonds. The van der Waals surface area contributed by atoms with Crippen LogP contribution in [0.4, 0.5) is 0 Å². The Morgan fingerprint density at radius 2 is 2.09 bits per heavy atom. The van der Waals surface area contributed by atoms with Gasteiger partial charge in [-0.1, -0.05) is 23.8 Å². The maximum absolute atomic E-state index is 5.54. The Kier molecular flexibility index (Phi) is 5.77. The van der Waals surface area contributed by atoms with Crippen molar-refractivity contribution in [1.29, 1.82) is 0 Å². The topological polar surface area (TPSA) is 62.5 Å². The van der Waals surface area contributed by atoms with Crippen LogP contribution in [0.2, 0.25) is 0 Å². The molecule has 0 bridgehead atoms. The summed E-state index contributed by atoms with van der Waals surface area (Å²) < 4.78 is 5.54. The lowest BCUT2D eigenvalue weighted by Gasteiger charge is -2.09. The van der Waals surface area contributed by atoms with E-state index >= 15 is 0 Å². The molecule has 0 fully saturated rings. The summed E-state index contributed by atoms with van der Waals surface area (Å²) in [6.45, 7) is 7.14. The molecule has 1 aromatic carbocycles. The highest BCUT2D eigenvalue weighted by Gasteiger charge is 2.06. The second-order valence-electron chi connectivity index (χ2n) is 4.93. The van der Waals surface area contributed by atoms with E-state index in [2.05, 4.69) is 46.2 Å². The minimum Gasteiger partial charge on any atom is -0.444 e. The van der Waals surface area contributed by atoms with Gasteiger partial charge in [0.05, 0.1) is 5.69 Å². The maximum atomic E-state index is 5.54. The third-order valence-electron chi connectivity index (χ3n) is 3.16. The molecule has 0 saturated carbocycles. The zero-order chi connectivity index (χ0) is 15.8. The van der Waals surface area contributed by atoms with Crippen molar-refractivity contribution < 1.29 is 4.42 Å². The molecule has 1 heterocycles. The SMILES string of the molecule is C=CCNC(=NC)NCCc1coc(-c2ccc(C)cc2)n1. The smallest absolute Gasteiger partial charge is 0.226 e. The lowest BCUT2D eigenvalue weighted by atomic mass is 10.1. The first-order chi connectivity index (χ1) is 10.7. The fourth-order valence-electron chi connectivity index (χ4n) is 1.95. The zero-order valence-corrected chi connectivity index (χ0v) is 13.1. The van der Waals surface area contributed by atoms with Crippen LogP contribution in [-0.4, -0.2) is 31.1 Å². The van der Waals surface area contributed by atoms with E-state index < -0.39 is 0 Å². The lowest BCUT2D eigenvalue weighted by molar-refractivity contribution is 0.572. The predicted octanol–water partition coefficient (Wildman–Crippen LogP) is 2.54. The van der Waals surface area contributed by atoms with Gasteiger partial charge in [-0.15, -0.1) is 6.58 Å². The number of aliphatic imine (C=N–C) groups is 1. The molecule has 0 saturated heterocycles. The van der Waals surface area contributed by atoms with Gasteiger partial charge in [0.25, 0.3) is 0 Å². The molecule has 0 aliphatic carbocycles. The quantitative estimate of drug-likeness (QED) is 0.489. The Morgan fingerprint density at radius 1 is 1.32 bits per heavy atom. The summed E-state index contributed by atoms with van der Waals surface area (Å²) in [6.07, 6.45) is 4.26. The van der Waals surface area contributed by atoms with Gasteiger partial charge < -0.3 is 15.1 Å². The van der Waals surface area contributed by atoms with Crippen LogP contribution in [0.25, 0.3) is 11.5 Å². The summed E-state index contributed by atoms with van der Waals surface area (Å²) >= 11 is 0. The summed E-state index contributed by atoms with van der Waals surface area (Å²) in [6, 6.07) is 8.14. The second kappa shape index (κ2) is 8.02. The fourth-order valence-corrected chi connectivity index (χ4v) is 1.95. The van der Waals surface area contributed by atoms with E-state index in [1.54, 1.807) is 19.4 Å². The number of oxazole rings is 1. The molecule has 0 radical (unpaired) electrons. The van der Waals surface area contributed by atoms with E-state index in [0.717, 1.165) is 30.2 Å². The third kappa shape index (κ3) is 4.48. The van der Waals surface area contributed by atoms with E-state index in [1.807, 2.05) is 12.1 Å². The maximum Gasteiger partial charge on any atom is 0.226 e. The van der Waals surface area contributed by atoms with Crippen LogP contribution < -0.4 is 10.6 Å². The Morgan fingerprint density at radius 3 is 2.77 bits per heavy atom. The van der Waals surface area contributed by atoms with Crippen molar-refractivity contribution in [2.75, 3.05) is 20.1 Å². The number of hydrogen-bond acceptors (Lipinski definition) is 3. The first-order valence-corrected chi connectivity index (χ1v) is 7.30. The number of nitrogens with one attached hydrogen (secondary N) is 2. The first kappa shape index (κ1) is 15.8. The zero-order valence-electron chi connectivity index (χ0n) is 13.1. The Hall–Kier alpha value is -2.56. The Balaban J connectivity index is 1.87.